The molecule has 5 nitrogen and oxygen atoms in total. The second kappa shape index (κ2) is 5.89. The molecule has 0 saturated heterocycles. The van der Waals surface area contributed by atoms with E-state index in [2.05, 4.69) is 5.32 Å². The normalized spacial score (nSPS) is 17.8. The monoisotopic (exact) mass is 242 g/mol. The van der Waals surface area contributed by atoms with Crippen LogP contribution in [0.25, 0.3) is 0 Å². The largest absolute Gasteiger partial charge is 0.480 e. The Morgan fingerprint density at radius 2 is 1.94 bits per heavy atom. The second-order valence-corrected chi connectivity index (χ2v) is 5.01. The molecule has 1 aliphatic carbocycles. The van der Waals surface area contributed by atoms with Crippen molar-refractivity contribution >= 4 is 12.0 Å². The first-order chi connectivity index (χ1) is 7.97. The highest BCUT2D eigenvalue weighted by atomic mass is 16.4. The number of amides is 2. The first-order valence-corrected chi connectivity index (χ1v) is 6.26. The van der Waals surface area contributed by atoms with Crippen molar-refractivity contribution in [3.05, 3.63) is 0 Å². The molecule has 0 radical (unpaired) electrons. The molecule has 1 saturated carbocycles. The van der Waals surface area contributed by atoms with Crippen molar-refractivity contribution in [2.45, 2.75) is 51.5 Å². The number of carboxylic acid groups (broad SMARTS) is 1. The Morgan fingerprint density at radius 3 is 2.41 bits per heavy atom. The van der Waals surface area contributed by atoms with Crippen LogP contribution in [0.3, 0.4) is 0 Å². The van der Waals surface area contributed by atoms with Crippen LogP contribution in [-0.2, 0) is 4.79 Å². The predicted molar refractivity (Wildman–Crippen MR) is 64.9 cm³/mol. The summed E-state index contributed by atoms with van der Waals surface area (Å²) >= 11 is 0. The molecule has 2 amide bonds. The lowest BCUT2D eigenvalue weighted by Gasteiger charge is -2.29. The summed E-state index contributed by atoms with van der Waals surface area (Å²) in [5, 5.41) is 11.7. The van der Waals surface area contributed by atoms with Crippen molar-refractivity contribution < 1.29 is 14.7 Å². The number of hydrogen-bond acceptors (Lipinski definition) is 2. The molecule has 0 aliphatic heterocycles. The molecule has 0 aromatic carbocycles. The molecule has 0 aromatic rings. The van der Waals surface area contributed by atoms with Gasteiger partial charge < -0.3 is 15.3 Å². The number of hydrogen-bond donors (Lipinski definition) is 2. The topological polar surface area (TPSA) is 69.6 Å². The summed E-state index contributed by atoms with van der Waals surface area (Å²) in [6, 6.07) is -0.251. The van der Waals surface area contributed by atoms with E-state index in [1.165, 1.54) is 4.90 Å². The van der Waals surface area contributed by atoms with Crippen LogP contribution >= 0.6 is 0 Å². The van der Waals surface area contributed by atoms with Crippen LogP contribution in [0.4, 0.5) is 4.79 Å². The third-order valence-electron chi connectivity index (χ3n) is 3.22. The highest BCUT2D eigenvalue weighted by molar-refractivity contribution is 5.80. The van der Waals surface area contributed by atoms with Gasteiger partial charge in [-0.25, -0.2) is 4.79 Å². The molecule has 0 heterocycles. The van der Waals surface area contributed by atoms with Gasteiger partial charge in [0.05, 0.1) is 0 Å². The average molecular weight is 242 g/mol. The number of urea groups is 1. The molecule has 2 N–H and O–H groups in total. The molecule has 98 valence electrons. The molecular weight excluding hydrogens is 220 g/mol. The van der Waals surface area contributed by atoms with E-state index in [9.17, 15) is 9.59 Å². The van der Waals surface area contributed by atoms with Crippen molar-refractivity contribution in [2.75, 3.05) is 13.1 Å². The molecule has 1 aliphatic rings. The summed E-state index contributed by atoms with van der Waals surface area (Å²) in [6.45, 7) is 4.21. The first-order valence-electron chi connectivity index (χ1n) is 6.26. The number of nitrogens with zero attached hydrogens (tertiary/aromatic N) is 1. The van der Waals surface area contributed by atoms with Gasteiger partial charge in [-0.2, -0.15) is 0 Å². The van der Waals surface area contributed by atoms with Crippen molar-refractivity contribution in [3.8, 4) is 0 Å². The van der Waals surface area contributed by atoms with E-state index >= 15 is 0 Å². The minimum atomic E-state index is -0.967. The van der Waals surface area contributed by atoms with E-state index in [0.29, 0.717) is 6.54 Å². The minimum absolute atomic E-state index is 0.151. The van der Waals surface area contributed by atoms with Gasteiger partial charge in [0.2, 0.25) is 0 Å². The zero-order chi connectivity index (χ0) is 12.9. The summed E-state index contributed by atoms with van der Waals surface area (Å²) in [6.07, 6.45) is 4.97. The molecule has 0 unspecified atom stereocenters. The fourth-order valence-corrected chi connectivity index (χ4v) is 2.30. The minimum Gasteiger partial charge on any atom is -0.480 e. The summed E-state index contributed by atoms with van der Waals surface area (Å²) in [5.41, 5.74) is -0.151. The van der Waals surface area contributed by atoms with Crippen LogP contribution in [-0.4, -0.2) is 40.6 Å². The van der Waals surface area contributed by atoms with Crippen LogP contribution in [0.1, 0.15) is 46.0 Å². The molecule has 0 atom stereocenters. The molecule has 0 spiro atoms. The third kappa shape index (κ3) is 4.24. The van der Waals surface area contributed by atoms with Gasteiger partial charge in [0, 0.05) is 12.1 Å². The van der Waals surface area contributed by atoms with Crippen LogP contribution < -0.4 is 5.32 Å². The first kappa shape index (κ1) is 13.8. The maximum Gasteiger partial charge on any atom is 0.323 e. The molecule has 1 fully saturated rings. The summed E-state index contributed by atoms with van der Waals surface area (Å²) < 4.78 is 0. The number of carboxylic acids is 1. The third-order valence-corrected chi connectivity index (χ3v) is 3.22. The maximum atomic E-state index is 12.0. The number of carbonyl (C=O) groups excluding carboxylic acids is 1. The smallest absolute Gasteiger partial charge is 0.323 e. The fourth-order valence-electron chi connectivity index (χ4n) is 2.30. The Balaban J connectivity index is 2.54. The average Bonchev–Trinajstić information content (AvgIpc) is 2.63. The van der Waals surface area contributed by atoms with Gasteiger partial charge in [0.15, 0.2) is 0 Å². The van der Waals surface area contributed by atoms with Gasteiger partial charge in [0.25, 0.3) is 0 Å². The van der Waals surface area contributed by atoms with Gasteiger partial charge in [0.1, 0.15) is 6.54 Å². The number of aliphatic carboxylic acids is 1. The zero-order valence-electron chi connectivity index (χ0n) is 10.7. The van der Waals surface area contributed by atoms with Gasteiger partial charge >= 0.3 is 12.0 Å². The van der Waals surface area contributed by atoms with E-state index in [1.807, 2.05) is 13.8 Å². The lowest BCUT2D eigenvalue weighted by molar-refractivity contribution is -0.137. The van der Waals surface area contributed by atoms with Crippen LogP contribution in [0, 0.1) is 0 Å². The molecular formula is C12H22N2O3. The van der Waals surface area contributed by atoms with E-state index in [-0.39, 0.29) is 18.1 Å². The van der Waals surface area contributed by atoms with Crippen molar-refractivity contribution in [1.29, 1.82) is 0 Å². The Hall–Kier alpha value is -1.26. The molecule has 5 heteroatoms. The van der Waals surface area contributed by atoms with E-state index in [0.717, 1.165) is 32.1 Å². The molecule has 1 rings (SSSR count). The quantitative estimate of drug-likeness (QED) is 0.772. The van der Waals surface area contributed by atoms with Gasteiger partial charge in [-0.3, -0.25) is 4.79 Å². The highest BCUT2D eigenvalue weighted by Crippen LogP contribution is 2.28. The summed E-state index contributed by atoms with van der Waals surface area (Å²) in [5.74, 6) is -0.967. The molecule has 0 bridgehead atoms. The highest BCUT2D eigenvalue weighted by Gasteiger charge is 2.31. The summed E-state index contributed by atoms with van der Waals surface area (Å²) in [7, 11) is 0. The van der Waals surface area contributed by atoms with Gasteiger partial charge in [-0.05, 0) is 26.2 Å². The van der Waals surface area contributed by atoms with Crippen LogP contribution in [0.5, 0.6) is 0 Å². The summed E-state index contributed by atoms with van der Waals surface area (Å²) in [4.78, 5) is 24.0. The molecule has 17 heavy (non-hydrogen) atoms. The van der Waals surface area contributed by atoms with E-state index < -0.39 is 5.97 Å². The fraction of sp³-hybridized carbons (Fsp3) is 0.833. The lowest BCUT2D eigenvalue weighted by Crippen LogP contribution is -2.51. The molecule has 0 aromatic heterocycles. The Kier molecular flexibility index (Phi) is 4.78. The van der Waals surface area contributed by atoms with Crippen molar-refractivity contribution in [3.63, 3.8) is 0 Å². The van der Waals surface area contributed by atoms with Gasteiger partial charge in [-0.15, -0.1) is 0 Å². The Bertz CT molecular complexity index is 285. The lowest BCUT2D eigenvalue weighted by atomic mass is 10.0. The maximum absolute atomic E-state index is 12.0. The van der Waals surface area contributed by atoms with Gasteiger partial charge in [-0.1, -0.05) is 19.8 Å². The van der Waals surface area contributed by atoms with E-state index in [1.54, 1.807) is 0 Å². The van der Waals surface area contributed by atoms with Crippen molar-refractivity contribution in [1.82, 2.24) is 10.2 Å². The number of carbonyl (C=O) groups is 2. The van der Waals surface area contributed by atoms with Crippen LogP contribution in [0.2, 0.25) is 0 Å². The number of nitrogens with one attached hydrogen (secondary N) is 1. The standard InChI is InChI=1S/C12H22N2O3/c1-3-8-14(9-10(15)16)11(17)13-12(2)6-4-5-7-12/h3-9H2,1-2H3,(H,13,17)(H,15,16). The zero-order valence-corrected chi connectivity index (χ0v) is 10.7. The SMILES string of the molecule is CCCN(CC(=O)O)C(=O)NC1(C)CCCC1. The predicted octanol–water partition coefficient (Wildman–Crippen LogP) is 1.83. The number of rotatable bonds is 5. The van der Waals surface area contributed by atoms with E-state index in [4.69, 9.17) is 5.11 Å². The Labute approximate surface area is 102 Å². The second-order valence-electron chi connectivity index (χ2n) is 5.01. The van der Waals surface area contributed by atoms with Crippen LogP contribution in [0.15, 0.2) is 0 Å². The Morgan fingerprint density at radius 1 is 1.35 bits per heavy atom. The van der Waals surface area contributed by atoms with Crippen molar-refractivity contribution in [2.24, 2.45) is 0 Å².